The van der Waals surface area contributed by atoms with E-state index in [2.05, 4.69) is 5.32 Å². The molecule has 28 heavy (non-hydrogen) atoms. The molecule has 2 amide bonds. The summed E-state index contributed by atoms with van der Waals surface area (Å²) >= 11 is 1.54. The summed E-state index contributed by atoms with van der Waals surface area (Å²) in [7, 11) is 0. The van der Waals surface area contributed by atoms with Crippen molar-refractivity contribution >= 4 is 35.0 Å². The summed E-state index contributed by atoms with van der Waals surface area (Å²) in [6.45, 7) is -0.155. The third-order valence-corrected chi connectivity index (χ3v) is 5.64. The van der Waals surface area contributed by atoms with E-state index in [4.69, 9.17) is 4.42 Å². The Balaban J connectivity index is 1.58. The molecule has 0 radical (unpaired) electrons. The monoisotopic (exact) mass is 396 g/mol. The molecule has 0 spiro atoms. The first kappa shape index (κ1) is 18.3. The minimum atomic E-state index is -0.438. The molecule has 2 aromatic carbocycles. The number of halogens is 1. The first-order valence-electron chi connectivity index (χ1n) is 8.75. The molecule has 0 saturated heterocycles. The van der Waals surface area contributed by atoms with Gasteiger partial charge >= 0.3 is 0 Å². The van der Waals surface area contributed by atoms with Crippen LogP contribution in [-0.4, -0.2) is 18.4 Å². The van der Waals surface area contributed by atoms with Gasteiger partial charge in [-0.25, -0.2) is 4.39 Å². The molecule has 1 aliphatic heterocycles. The molecule has 1 N–H and O–H groups in total. The Hall–Kier alpha value is -3.06. The minimum Gasteiger partial charge on any atom is -0.468 e. The van der Waals surface area contributed by atoms with Crippen molar-refractivity contribution in [1.29, 1.82) is 0 Å². The van der Waals surface area contributed by atoms with Crippen molar-refractivity contribution in [1.82, 2.24) is 0 Å². The highest BCUT2D eigenvalue weighted by molar-refractivity contribution is 7.99. The van der Waals surface area contributed by atoms with Crippen LogP contribution in [0.4, 0.5) is 15.8 Å². The second-order valence-corrected chi connectivity index (χ2v) is 7.58. The van der Waals surface area contributed by atoms with Gasteiger partial charge in [-0.1, -0.05) is 18.2 Å². The number of furan rings is 1. The lowest BCUT2D eigenvalue weighted by Crippen LogP contribution is -2.38. The molecule has 7 heteroatoms. The van der Waals surface area contributed by atoms with Crippen LogP contribution in [-0.2, 0) is 9.59 Å². The topological polar surface area (TPSA) is 62.6 Å². The molecule has 5 nitrogen and oxygen atoms in total. The van der Waals surface area contributed by atoms with Crippen LogP contribution in [0.1, 0.15) is 17.4 Å². The molecule has 1 aliphatic rings. The van der Waals surface area contributed by atoms with E-state index in [0.717, 1.165) is 10.7 Å². The summed E-state index contributed by atoms with van der Waals surface area (Å²) in [6, 6.07) is 16.8. The van der Waals surface area contributed by atoms with Gasteiger partial charge in [-0.3, -0.25) is 9.59 Å². The van der Waals surface area contributed by atoms with Gasteiger partial charge in [0.2, 0.25) is 11.8 Å². The number of hydrogen-bond acceptors (Lipinski definition) is 4. The molecule has 142 valence electrons. The quantitative estimate of drug-likeness (QED) is 0.699. The van der Waals surface area contributed by atoms with Crippen molar-refractivity contribution < 1.29 is 18.4 Å². The molecular formula is C21H17FN2O3S. The molecule has 0 aliphatic carbocycles. The molecule has 1 atom stereocenters. The number of para-hydroxylation sites is 1. The van der Waals surface area contributed by atoms with E-state index in [1.165, 1.54) is 34.9 Å². The summed E-state index contributed by atoms with van der Waals surface area (Å²) in [6.07, 6.45) is 1.79. The number of carbonyl (C=O) groups excluding carboxylic acids is 2. The van der Waals surface area contributed by atoms with Crippen LogP contribution in [0.5, 0.6) is 0 Å². The maximum atomic E-state index is 13.3. The van der Waals surface area contributed by atoms with Crippen LogP contribution < -0.4 is 10.2 Å². The van der Waals surface area contributed by atoms with Crippen LogP contribution in [0, 0.1) is 5.82 Å². The number of fused-ring (bicyclic) bond motifs is 1. The molecule has 0 saturated carbocycles. The van der Waals surface area contributed by atoms with Gasteiger partial charge < -0.3 is 14.6 Å². The first-order chi connectivity index (χ1) is 13.6. The van der Waals surface area contributed by atoms with Crippen molar-refractivity contribution in [3.63, 3.8) is 0 Å². The fraction of sp³-hybridized carbons (Fsp3) is 0.143. The Morgan fingerprint density at radius 3 is 2.82 bits per heavy atom. The van der Waals surface area contributed by atoms with E-state index in [-0.39, 0.29) is 24.1 Å². The zero-order valence-electron chi connectivity index (χ0n) is 14.8. The number of benzene rings is 2. The predicted molar refractivity (Wildman–Crippen MR) is 106 cm³/mol. The second kappa shape index (κ2) is 7.90. The van der Waals surface area contributed by atoms with E-state index < -0.39 is 11.7 Å². The average Bonchev–Trinajstić information content (AvgIpc) is 3.16. The fourth-order valence-electron chi connectivity index (χ4n) is 3.09. The van der Waals surface area contributed by atoms with Crippen LogP contribution in [0.2, 0.25) is 0 Å². The number of thioether (sulfide) groups is 1. The second-order valence-electron chi connectivity index (χ2n) is 6.33. The van der Waals surface area contributed by atoms with Crippen molar-refractivity contribution in [2.24, 2.45) is 0 Å². The molecule has 1 aromatic heterocycles. The lowest BCUT2D eigenvalue weighted by molar-refractivity contribution is -0.121. The Labute approximate surface area is 165 Å². The van der Waals surface area contributed by atoms with E-state index >= 15 is 0 Å². The lowest BCUT2D eigenvalue weighted by Gasteiger charge is -2.22. The molecule has 4 rings (SSSR count). The van der Waals surface area contributed by atoms with Gasteiger partial charge in [0.25, 0.3) is 0 Å². The smallest absolute Gasteiger partial charge is 0.244 e. The van der Waals surface area contributed by atoms with E-state index in [0.29, 0.717) is 11.4 Å². The van der Waals surface area contributed by atoms with Crippen molar-refractivity contribution in [2.75, 3.05) is 16.8 Å². The highest BCUT2D eigenvalue weighted by Gasteiger charge is 2.31. The van der Waals surface area contributed by atoms with E-state index in [1.54, 1.807) is 18.4 Å². The standard InChI is InChI=1S/C21H17FN2O3S/c22-14-5-3-6-15(11-14)23-20(25)13-24-16-7-1-2-9-18(16)28-19(12-21(24)26)17-8-4-10-27-17/h1-11,19H,12-13H2,(H,23,25). The molecule has 0 bridgehead atoms. The van der Waals surface area contributed by atoms with Gasteiger partial charge in [-0.2, -0.15) is 0 Å². The number of nitrogens with one attached hydrogen (secondary N) is 1. The van der Waals surface area contributed by atoms with Crippen LogP contribution in [0.15, 0.2) is 76.2 Å². The fourth-order valence-corrected chi connectivity index (χ4v) is 4.33. The Morgan fingerprint density at radius 2 is 2.04 bits per heavy atom. The third-order valence-electron chi connectivity index (χ3n) is 4.36. The van der Waals surface area contributed by atoms with Crippen molar-refractivity contribution in [3.05, 3.63) is 78.5 Å². The molecule has 0 fully saturated rings. The van der Waals surface area contributed by atoms with Gasteiger partial charge in [0.05, 0.1) is 17.2 Å². The summed E-state index contributed by atoms with van der Waals surface area (Å²) in [5, 5.41) is 2.48. The van der Waals surface area contributed by atoms with Gasteiger partial charge in [0.15, 0.2) is 0 Å². The van der Waals surface area contributed by atoms with Crippen LogP contribution >= 0.6 is 11.8 Å². The van der Waals surface area contributed by atoms with Crippen LogP contribution in [0.3, 0.4) is 0 Å². The van der Waals surface area contributed by atoms with Crippen LogP contribution in [0.25, 0.3) is 0 Å². The van der Waals surface area contributed by atoms with Crippen molar-refractivity contribution in [3.8, 4) is 0 Å². The predicted octanol–water partition coefficient (Wildman–Crippen LogP) is 4.63. The molecule has 3 aromatic rings. The Bertz CT molecular complexity index is 1010. The lowest BCUT2D eigenvalue weighted by atomic mass is 10.2. The largest absolute Gasteiger partial charge is 0.468 e. The molecule has 1 unspecified atom stereocenters. The highest BCUT2D eigenvalue weighted by Crippen LogP contribution is 2.45. The Morgan fingerprint density at radius 1 is 1.18 bits per heavy atom. The van der Waals surface area contributed by atoms with Gasteiger partial charge in [0, 0.05) is 17.0 Å². The zero-order valence-corrected chi connectivity index (χ0v) is 15.6. The van der Waals surface area contributed by atoms with Gasteiger partial charge in [-0.05, 0) is 42.5 Å². The highest BCUT2D eigenvalue weighted by atomic mass is 32.2. The summed E-state index contributed by atoms with van der Waals surface area (Å²) in [4.78, 5) is 27.8. The third kappa shape index (κ3) is 3.94. The van der Waals surface area contributed by atoms with E-state index in [9.17, 15) is 14.0 Å². The Kier molecular flexibility index (Phi) is 5.16. The normalized spacial score (nSPS) is 16.4. The van der Waals surface area contributed by atoms with Gasteiger partial charge in [0.1, 0.15) is 18.1 Å². The summed E-state index contributed by atoms with van der Waals surface area (Å²) in [5.74, 6) is -0.283. The minimum absolute atomic E-state index is 0.155. The number of amides is 2. The first-order valence-corrected chi connectivity index (χ1v) is 9.63. The average molecular weight is 396 g/mol. The number of hydrogen-bond donors (Lipinski definition) is 1. The number of carbonyl (C=O) groups is 2. The molecule has 2 heterocycles. The summed E-state index contributed by atoms with van der Waals surface area (Å²) in [5.41, 5.74) is 1.03. The SMILES string of the molecule is O=C(CN1C(=O)CC(c2ccco2)Sc2ccccc21)Nc1cccc(F)c1. The van der Waals surface area contributed by atoms with Crippen molar-refractivity contribution in [2.45, 2.75) is 16.6 Å². The zero-order chi connectivity index (χ0) is 19.5. The molecular weight excluding hydrogens is 379 g/mol. The number of nitrogens with zero attached hydrogens (tertiary/aromatic N) is 1. The maximum Gasteiger partial charge on any atom is 0.244 e. The van der Waals surface area contributed by atoms with E-state index in [1.807, 2.05) is 30.3 Å². The maximum absolute atomic E-state index is 13.3. The number of anilines is 2. The summed E-state index contributed by atoms with van der Waals surface area (Å²) < 4.78 is 18.8. The van der Waals surface area contributed by atoms with Gasteiger partial charge in [-0.15, -0.1) is 11.8 Å². The number of rotatable bonds is 4.